The van der Waals surface area contributed by atoms with E-state index in [-0.39, 0.29) is 16.6 Å². The zero-order valence-electron chi connectivity index (χ0n) is 10.8. The van der Waals surface area contributed by atoms with E-state index in [0.29, 0.717) is 10.5 Å². The Kier molecular flexibility index (Phi) is 3.76. The van der Waals surface area contributed by atoms with E-state index in [0.717, 1.165) is 23.4 Å². The number of hydrogen-bond acceptors (Lipinski definition) is 4. The number of rotatable bonds is 3. The van der Waals surface area contributed by atoms with Gasteiger partial charge in [0.25, 0.3) is 10.9 Å². The summed E-state index contributed by atoms with van der Waals surface area (Å²) in [5.41, 5.74) is 1.27. The zero-order chi connectivity index (χ0) is 14.9. The molecule has 0 atom stereocenters. The zero-order valence-corrected chi connectivity index (χ0v) is 11.5. The molecule has 104 valence electrons. The van der Waals surface area contributed by atoms with Crippen molar-refractivity contribution in [2.45, 2.75) is 13.8 Å². The largest absolute Gasteiger partial charge is 0.618 e. The van der Waals surface area contributed by atoms with Crippen molar-refractivity contribution in [1.29, 1.82) is 0 Å². The summed E-state index contributed by atoms with van der Waals surface area (Å²) in [5, 5.41) is 22.2. The Morgan fingerprint density at radius 2 is 1.90 bits per heavy atom. The highest BCUT2D eigenvalue weighted by Gasteiger charge is 2.23. The molecule has 20 heavy (non-hydrogen) atoms. The van der Waals surface area contributed by atoms with Gasteiger partial charge >= 0.3 is 5.69 Å². The molecule has 0 spiro atoms. The van der Waals surface area contributed by atoms with E-state index in [4.69, 9.17) is 16.3 Å². The van der Waals surface area contributed by atoms with Gasteiger partial charge < -0.3 is 9.94 Å². The smallest absolute Gasteiger partial charge is 0.325 e. The van der Waals surface area contributed by atoms with E-state index in [2.05, 4.69) is 0 Å². The van der Waals surface area contributed by atoms with E-state index < -0.39 is 4.92 Å². The van der Waals surface area contributed by atoms with Crippen LogP contribution in [0.1, 0.15) is 11.1 Å². The molecule has 1 aromatic carbocycles. The summed E-state index contributed by atoms with van der Waals surface area (Å²) in [4.78, 5) is 10.4. The van der Waals surface area contributed by atoms with Gasteiger partial charge in [-0.15, -0.1) is 0 Å². The Morgan fingerprint density at radius 3 is 2.45 bits per heavy atom. The fourth-order valence-electron chi connectivity index (χ4n) is 1.77. The van der Waals surface area contributed by atoms with Crippen LogP contribution in [0.5, 0.6) is 11.5 Å². The van der Waals surface area contributed by atoms with E-state index in [1.165, 1.54) is 0 Å². The summed E-state index contributed by atoms with van der Waals surface area (Å²) < 4.78 is 5.86. The number of pyridine rings is 1. The lowest BCUT2D eigenvalue weighted by Gasteiger charge is -2.11. The van der Waals surface area contributed by atoms with Gasteiger partial charge in [0.05, 0.1) is 4.92 Å². The minimum atomic E-state index is -0.644. The Labute approximate surface area is 119 Å². The van der Waals surface area contributed by atoms with Gasteiger partial charge in [-0.05, 0) is 36.6 Å². The average molecular weight is 295 g/mol. The van der Waals surface area contributed by atoms with Crippen molar-refractivity contribution in [3.63, 3.8) is 0 Å². The molecule has 0 saturated heterocycles. The first kappa shape index (κ1) is 14.1. The van der Waals surface area contributed by atoms with Crippen LogP contribution in [-0.2, 0) is 0 Å². The van der Waals surface area contributed by atoms with Gasteiger partial charge in [0.2, 0.25) is 6.20 Å². The first-order valence-corrected chi connectivity index (χ1v) is 6.09. The first-order chi connectivity index (χ1) is 9.40. The lowest BCUT2D eigenvalue weighted by molar-refractivity contribution is -0.604. The van der Waals surface area contributed by atoms with Crippen molar-refractivity contribution in [2.24, 2.45) is 0 Å². The van der Waals surface area contributed by atoms with E-state index in [9.17, 15) is 15.3 Å². The van der Waals surface area contributed by atoms with Crippen LogP contribution in [0.3, 0.4) is 0 Å². The molecule has 0 bridgehead atoms. The summed E-state index contributed by atoms with van der Waals surface area (Å²) in [6.45, 7) is 3.63. The highest BCUT2D eigenvalue weighted by Crippen LogP contribution is 2.34. The van der Waals surface area contributed by atoms with Gasteiger partial charge in [0.1, 0.15) is 11.8 Å². The molecule has 1 heterocycles. The molecule has 7 heteroatoms. The maximum atomic E-state index is 11.5. The Morgan fingerprint density at radius 1 is 1.30 bits per heavy atom. The third-order valence-corrected chi connectivity index (χ3v) is 3.05. The van der Waals surface area contributed by atoms with Crippen molar-refractivity contribution in [3.05, 3.63) is 62.1 Å². The SMILES string of the molecule is Cc1cccc(C)c1Oc1c[n+]([O-])c(Cl)cc1[N+](=O)[O-]. The highest BCUT2D eigenvalue weighted by atomic mass is 35.5. The molecule has 2 aromatic rings. The second-order valence-electron chi connectivity index (χ2n) is 4.25. The molecular formula is C13H11ClN2O4. The van der Waals surface area contributed by atoms with Crippen LogP contribution < -0.4 is 9.47 Å². The average Bonchev–Trinajstić information content (AvgIpc) is 2.37. The molecule has 0 saturated carbocycles. The molecule has 0 radical (unpaired) electrons. The molecule has 0 aliphatic heterocycles. The van der Waals surface area contributed by atoms with Crippen molar-refractivity contribution in [2.75, 3.05) is 0 Å². The number of ether oxygens (including phenoxy) is 1. The number of para-hydroxylation sites is 1. The molecule has 0 amide bonds. The van der Waals surface area contributed by atoms with Crippen molar-refractivity contribution in [3.8, 4) is 11.5 Å². The molecule has 0 aliphatic carbocycles. The standard InChI is InChI=1S/C13H11ClN2O4/c1-8-4-3-5-9(2)13(8)20-11-7-15(17)12(14)6-10(11)16(18)19/h3-7H,1-2H3. The number of aryl methyl sites for hydroxylation is 2. The molecule has 1 aromatic heterocycles. The van der Waals surface area contributed by atoms with Gasteiger partial charge in [0, 0.05) is 0 Å². The molecule has 0 aliphatic rings. The van der Waals surface area contributed by atoms with Gasteiger partial charge in [-0.25, -0.2) is 0 Å². The van der Waals surface area contributed by atoms with Gasteiger partial charge in [-0.3, -0.25) is 10.1 Å². The number of hydrogen-bond donors (Lipinski definition) is 0. The maximum Gasteiger partial charge on any atom is 0.325 e. The number of aromatic nitrogens is 1. The van der Waals surface area contributed by atoms with Crippen LogP contribution in [-0.4, -0.2) is 4.92 Å². The topological polar surface area (TPSA) is 79.3 Å². The van der Waals surface area contributed by atoms with Gasteiger partial charge in [-0.1, -0.05) is 18.2 Å². The van der Waals surface area contributed by atoms with Crippen LogP contribution in [0, 0.1) is 29.2 Å². The summed E-state index contributed by atoms with van der Waals surface area (Å²) >= 11 is 5.59. The van der Waals surface area contributed by atoms with Crippen molar-refractivity contribution in [1.82, 2.24) is 0 Å². The number of nitro groups is 1. The second-order valence-corrected chi connectivity index (χ2v) is 4.64. The van der Waals surface area contributed by atoms with Crippen LogP contribution in [0.2, 0.25) is 5.15 Å². The van der Waals surface area contributed by atoms with Crippen LogP contribution in [0.15, 0.2) is 30.5 Å². The van der Waals surface area contributed by atoms with Crippen molar-refractivity contribution < 1.29 is 14.4 Å². The third kappa shape index (κ3) is 2.65. The van der Waals surface area contributed by atoms with E-state index in [1.54, 1.807) is 0 Å². The summed E-state index contributed by atoms with van der Waals surface area (Å²) in [6.07, 6.45) is 0.951. The Balaban J connectivity index is 2.53. The molecule has 6 nitrogen and oxygen atoms in total. The third-order valence-electron chi connectivity index (χ3n) is 2.77. The lowest BCUT2D eigenvalue weighted by Crippen LogP contribution is -2.27. The summed E-state index contributed by atoms with van der Waals surface area (Å²) in [6, 6.07) is 6.45. The minimum absolute atomic E-state index is 0.146. The summed E-state index contributed by atoms with van der Waals surface area (Å²) in [7, 11) is 0. The monoisotopic (exact) mass is 294 g/mol. The minimum Gasteiger partial charge on any atom is -0.618 e. The molecule has 0 fully saturated rings. The van der Waals surface area contributed by atoms with Gasteiger partial charge in [0.15, 0.2) is 0 Å². The van der Waals surface area contributed by atoms with E-state index >= 15 is 0 Å². The normalized spacial score (nSPS) is 10.3. The first-order valence-electron chi connectivity index (χ1n) is 5.71. The van der Waals surface area contributed by atoms with E-state index in [1.807, 2.05) is 32.0 Å². The highest BCUT2D eigenvalue weighted by molar-refractivity contribution is 6.28. The lowest BCUT2D eigenvalue weighted by atomic mass is 10.1. The number of benzene rings is 1. The fourth-order valence-corrected chi connectivity index (χ4v) is 1.93. The molecule has 0 N–H and O–H groups in total. The second kappa shape index (κ2) is 5.34. The molecule has 0 unspecified atom stereocenters. The number of halogens is 1. The Hall–Kier alpha value is -2.34. The molecule has 2 rings (SSSR count). The van der Waals surface area contributed by atoms with Gasteiger partial charge in [-0.2, -0.15) is 4.73 Å². The quantitative estimate of drug-likeness (QED) is 0.286. The van der Waals surface area contributed by atoms with Crippen LogP contribution >= 0.6 is 11.6 Å². The van der Waals surface area contributed by atoms with Crippen LogP contribution in [0.4, 0.5) is 5.69 Å². The predicted molar refractivity (Wildman–Crippen MR) is 73.1 cm³/mol. The summed E-state index contributed by atoms with van der Waals surface area (Å²) in [5.74, 6) is 0.338. The maximum absolute atomic E-state index is 11.5. The van der Waals surface area contributed by atoms with Crippen LogP contribution in [0.25, 0.3) is 0 Å². The van der Waals surface area contributed by atoms with Crippen molar-refractivity contribution >= 4 is 17.3 Å². The predicted octanol–water partition coefficient (Wildman–Crippen LogP) is 3.29. The molecular weight excluding hydrogens is 284 g/mol. The number of nitrogens with zero attached hydrogens (tertiary/aromatic N) is 2. The Bertz CT molecular complexity index is 668. The fraction of sp³-hybridized carbons (Fsp3) is 0.154.